The second-order valence-electron chi connectivity index (χ2n) is 2.65. The van der Waals surface area contributed by atoms with Gasteiger partial charge in [0.15, 0.2) is 0 Å². The molecule has 1 N–H and O–H groups in total. The molecule has 1 amide bonds. The van der Waals surface area contributed by atoms with Crippen LogP contribution in [-0.2, 0) is 4.79 Å². The molecular weight excluding hydrogens is 218 g/mol. The van der Waals surface area contributed by atoms with Crippen molar-refractivity contribution in [1.82, 2.24) is 5.32 Å². The lowest BCUT2D eigenvalue weighted by molar-refractivity contribution is -0.118. The molecule has 0 atom stereocenters. The number of benzene rings is 1. The fourth-order valence-electron chi connectivity index (χ4n) is 0.923. The Morgan fingerprint density at radius 3 is 2.71 bits per heavy atom. The number of halogens is 1. The van der Waals surface area contributed by atoms with Crippen LogP contribution in [0.4, 0.5) is 0 Å². The van der Waals surface area contributed by atoms with Gasteiger partial charge in [-0.3, -0.25) is 4.79 Å². The third-order valence-electron chi connectivity index (χ3n) is 1.56. The lowest BCUT2D eigenvalue weighted by Crippen LogP contribution is -2.26. The van der Waals surface area contributed by atoms with Crippen LogP contribution in [0.25, 0.3) is 0 Å². The summed E-state index contributed by atoms with van der Waals surface area (Å²) < 4.78 is 0. The third-order valence-corrected chi connectivity index (χ3v) is 2.81. The average molecular weight is 230 g/mol. The van der Waals surface area contributed by atoms with Gasteiger partial charge in [0, 0.05) is 17.2 Å². The van der Waals surface area contributed by atoms with Gasteiger partial charge in [0.25, 0.3) is 0 Å². The molecule has 0 heterocycles. The highest BCUT2D eigenvalue weighted by atomic mass is 35.5. The minimum atomic E-state index is -0.111. The maximum absolute atomic E-state index is 10.8. The molecule has 0 aromatic heterocycles. The highest BCUT2D eigenvalue weighted by Gasteiger charge is 1.96. The van der Waals surface area contributed by atoms with Crippen LogP contribution in [0.2, 0.25) is 0 Å². The molecule has 0 aliphatic carbocycles. The van der Waals surface area contributed by atoms with Gasteiger partial charge < -0.3 is 5.32 Å². The number of hydrogen-bond acceptors (Lipinski definition) is 2. The van der Waals surface area contributed by atoms with Crippen LogP contribution >= 0.6 is 23.4 Å². The van der Waals surface area contributed by atoms with Crippen molar-refractivity contribution in [2.45, 2.75) is 4.90 Å². The predicted octanol–water partition coefficient (Wildman–Crippen LogP) is 2.13. The first-order chi connectivity index (χ1) is 6.83. The van der Waals surface area contributed by atoms with Gasteiger partial charge in [-0.05, 0) is 12.1 Å². The highest BCUT2D eigenvalue weighted by molar-refractivity contribution is 7.99. The molecule has 1 aromatic carbocycles. The number of hydrogen-bond donors (Lipinski definition) is 1. The third kappa shape index (κ3) is 4.53. The van der Waals surface area contributed by atoms with Crippen LogP contribution < -0.4 is 5.32 Å². The molecule has 0 unspecified atom stereocenters. The van der Waals surface area contributed by atoms with E-state index in [9.17, 15) is 4.79 Å². The van der Waals surface area contributed by atoms with Crippen LogP contribution in [0.3, 0.4) is 0 Å². The van der Waals surface area contributed by atoms with Crippen molar-refractivity contribution >= 4 is 29.3 Å². The molecule has 76 valence electrons. The largest absolute Gasteiger partial charge is 0.354 e. The molecule has 0 bridgehead atoms. The minimum Gasteiger partial charge on any atom is -0.354 e. The Balaban J connectivity index is 2.13. The van der Waals surface area contributed by atoms with E-state index in [1.165, 1.54) is 4.90 Å². The second-order valence-corrected chi connectivity index (χ2v) is 4.08. The topological polar surface area (TPSA) is 29.1 Å². The summed E-state index contributed by atoms with van der Waals surface area (Å²) in [6, 6.07) is 10.1. The van der Waals surface area contributed by atoms with Crippen molar-refractivity contribution in [3.63, 3.8) is 0 Å². The summed E-state index contributed by atoms with van der Waals surface area (Å²) in [6.45, 7) is 0.658. The van der Waals surface area contributed by atoms with Crippen molar-refractivity contribution in [2.24, 2.45) is 0 Å². The number of rotatable bonds is 5. The summed E-state index contributed by atoms with van der Waals surface area (Å²) in [5.74, 6) is 0.795. The quantitative estimate of drug-likeness (QED) is 0.476. The normalized spacial score (nSPS) is 9.79. The number of thioether (sulfide) groups is 1. The summed E-state index contributed by atoms with van der Waals surface area (Å²) in [6.07, 6.45) is 0. The second kappa shape index (κ2) is 6.74. The Kier molecular flexibility index (Phi) is 5.49. The molecule has 0 saturated carbocycles. The van der Waals surface area contributed by atoms with Gasteiger partial charge in [-0.25, -0.2) is 0 Å². The lowest BCUT2D eigenvalue weighted by Gasteiger charge is -2.02. The summed E-state index contributed by atoms with van der Waals surface area (Å²) in [5, 5.41) is 2.71. The van der Waals surface area contributed by atoms with Gasteiger partial charge in [-0.2, -0.15) is 0 Å². The average Bonchev–Trinajstić information content (AvgIpc) is 2.25. The van der Waals surface area contributed by atoms with E-state index < -0.39 is 0 Å². The molecule has 14 heavy (non-hydrogen) atoms. The molecule has 0 saturated heterocycles. The lowest BCUT2D eigenvalue weighted by atomic mass is 10.4. The number of carbonyl (C=O) groups excluding carboxylic acids is 1. The van der Waals surface area contributed by atoms with Gasteiger partial charge in [0.1, 0.15) is 5.88 Å². The first kappa shape index (κ1) is 11.4. The maximum atomic E-state index is 10.8. The number of alkyl halides is 1. The molecule has 0 radical (unpaired) electrons. The van der Waals surface area contributed by atoms with E-state index in [1.807, 2.05) is 30.3 Å². The van der Waals surface area contributed by atoms with E-state index in [0.717, 1.165) is 5.75 Å². The van der Waals surface area contributed by atoms with Crippen molar-refractivity contribution in [1.29, 1.82) is 0 Å². The van der Waals surface area contributed by atoms with Gasteiger partial charge in [-0.1, -0.05) is 18.2 Å². The van der Waals surface area contributed by atoms with Crippen molar-refractivity contribution in [2.75, 3.05) is 18.2 Å². The Labute approximate surface area is 93.0 Å². The molecule has 4 heteroatoms. The van der Waals surface area contributed by atoms with E-state index in [4.69, 9.17) is 11.6 Å². The van der Waals surface area contributed by atoms with E-state index in [1.54, 1.807) is 11.8 Å². The summed E-state index contributed by atoms with van der Waals surface area (Å²) in [5.41, 5.74) is 0. The zero-order chi connectivity index (χ0) is 10.2. The van der Waals surface area contributed by atoms with Crippen molar-refractivity contribution in [3.8, 4) is 0 Å². The van der Waals surface area contributed by atoms with Gasteiger partial charge in [0.2, 0.25) is 5.91 Å². The van der Waals surface area contributed by atoms with Crippen molar-refractivity contribution < 1.29 is 4.79 Å². The molecule has 1 aromatic rings. The molecule has 0 spiro atoms. The van der Waals surface area contributed by atoms with Crippen LogP contribution in [0.5, 0.6) is 0 Å². The maximum Gasteiger partial charge on any atom is 0.234 e. The van der Waals surface area contributed by atoms with E-state index in [0.29, 0.717) is 6.54 Å². The molecular formula is C10H12ClNOS. The molecule has 1 rings (SSSR count). The fourth-order valence-corrected chi connectivity index (χ4v) is 1.81. The zero-order valence-corrected chi connectivity index (χ0v) is 9.27. The molecule has 0 aliphatic rings. The fraction of sp³-hybridized carbons (Fsp3) is 0.300. The first-order valence-electron chi connectivity index (χ1n) is 4.33. The van der Waals surface area contributed by atoms with E-state index in [2.05, 4.69) is 5.32 Å². The smallest absolute Gasteiger partial charge is 0.234 e. The number of carbonyl (C=O) groups is 1. The Morgan fingerprint density at radius 1 is 1.36 bits per heavy atom. The Hall–Kier alpha value is -0.670. The van der Waals surface area contributed by atoms with Crippen LogP contribution in [-0.4, -0.2) is 24.1 Å². The van der Waals surface area contributed by atoms with Gasteiger partial charge in [-0.15, -0.1) is 23.4 Å². The number of amides is 1. The van der Waals surface area contributed by atoms with E-state index >= 15 is 0 Å². The zero-order valence-electron chi connectivity index (χ0n) is 7.70. The van der Waals surface area contributed by atoms with Crippen LogP contribution in [0, 0.1) is 0 Å². The molecule has 0 aliphatic heterocycles. The monoisotopic (exact) mass is 229 g/mol. The molecule has 2 nitrogen and oxygen atoms in total. The number of nitrogens with one attached hydrogen (secondary N) is 1. The Morgan fingerprint density at radius 2 is 2.07 bits per heavy atom. The minimum absolute atomic E-state index is 0.0377. The highest BCUT2D eigenvalue weighted by Crippen LogP contribution is 2.15. The summed E-state index contributed by atoms with van der Waals surface area (Å²) in [4.78, 5) is 12.0. The Bertz CT molecular complexity index is 279. The standard InChI is InChI=1S/C10H12ClNOS/c11-8-10(13)12-6-7-14-9-4-2-1-3-5-9/h1-5H,6-8H2,(H,12,13). The predicted molar refractivity (Wildman–Crippen MR) is 60.9 cm³/mol. The summed E-state index contributed by atoms with van der Waals surface area (Å²) in [7, 11) is 0. The van der Waals surface area contributed by atoms with Crippen LogP contribution in [0.15, 0.2) is 35.2 Å². The summed E-state index contributed by atoms with van der Waals surface area (Å²) >= 11 is 7.04. The van der Waals surface area contributed by atoms with Gasteiger partial charge >= 0.3 is 0 Å². The van der Waals surface area contributed by atoms with Crippen LogP contribution in [0.1, 0.15) is 0 Å². The van der Waals surface area contributed by atoms with Gasteiger partial charge in [0.05, 0.1) is 0 Å². The van der Waals surface area contributed by atoms with E-state index in [-0.39, 0.29) is 11.8 Å². The molecule has 0 fully saturated rings. The SMILES string of the molecule is O=C(CCl)NCCSc1ccccc1. The van der Waals surface area contributed by atoms with Crippen molar-refractivity contribution in [3.05, 3.63) is 30.3 Å². The first-order valence-corrected chi connectivity index (χ1v) is 5.85.